The van der Waals surface area contributed by atoms with Crippen molar-refractivity contribution in [3.8, 4) is 5.75 Å². The standard InChI is InChI=1S/C6HF5O.C5H12N2O.F6P/c7-1-2(8)4(10)6(12)5(11)3(1)9;1-6-5(8-4)7(2)3;1-7(2,3,4,5)6/h12H;1-4H3;/q;;-1/p+1. The summed E-state index contributed by atoms with van der Waals surface area (Å²) in [5, 5.41) is 11.2. The van der Waals surface area contributed by atoms with Crippen LogP contribution in [-0.2, 0) is 4.74 Å². The maximum atomic E-state index is 12.2. The predicted molar refractivity (Wildman–Crippen MR) is 74.6 cm³/mol. The van der Waals surface area contributed by atoms with Crippen molar-refractivity contribution in [2.75, 3.05) is 28.3 Å². The molecule has 16 heteroatoms. The van der Waals surface area contributed by atoms with Gasteiger partial charge in [0.1, 0.15) is 0 Å². The first-order chi connectivity index (χ1) is 11.6. The third-order valence-electron chi connectivity index (χ3n) is 2.00. The summed E-state index contributed by atoms with van der Waals surface area (Å²) in [5.74, 6) is -12.9. The van der Waals surface area contributed by atoms with Crippen LogP contribution in [0.4, 0.5) is 47.1 Å². The molecule has 0 fully saturated rings. The van der Waals surface area contributed by atoms with Crippen molar-refractivity contribution < 1.29 is 61.6 Å². The van der Waals surface area contributed by atoms with Gasteiger partial charge in [-0.3, -0.25) is 0 Å². The molecule has 0 radical (unpaired) electrons. The smallest absolute Gasteiger partial charge is 0.206 e. The first-order valence-corrected chi connectivity index (χ1v) is 8.19. The van der Waals surface area contributed by atoms with Gasteiger partial charge in [-0.05, 0) is 0 Å². The zero-order chi connectivity index (χ0) is 22.4. The number of benzene rings is 1. The molecule has 0 bridgehead atoms. The Bertz CT molecular complexity index is 578. The third-order valence-corrected chi connectivity index (χ3v) is 2.00. The number of methoxy groups -OCH3 is 1. The molecular weight excluding hydrogens is 432 g/mol. The second-order valence-corrected chi connectivity index (χ2v) is 6.45. The van der Waals surface area contributed by atoms with Crippen LogP contribution >= 0.6 is 7.81 Å². The fourth-order valence-electron chi connectivity index (χ4n) is 1.10. The van der Waals surface area contributed by atoms with Crippen LogP contribution in [-0.4, -0.2) is 44.0 Å². The van der Waals surface area contributed by atoms with Gasteiger partial charge in [-0.25, -0.2) is 23.1 Å². The van der Waals surface area contributed by atoms with Crippen LogP contribution in [0.5, 0.6) is 5.75 Å². The molecule has 0 atom stereocenters. The monoisotopic (exact) mass is 446 g/mol. The van der Waals surface area contributed by atoms with E-state index in [0.717, 1.165) is 6.02 Å². The molecule has 0 aromatic heterocycles. The van der Waals surface area contributed by atoms with Gasteiger partial charge in [0, 0.05) is 0 Å². The molecule has 0 heterocycles. The molecule has 162 valence electrons. The Morgan fingerprint density at radius 2 is 1.07 bits per heavy atom. The van der Waals surface area contributed by atoms with Crippen molar-refractivity contribution in [2.24, 2.45) is 0 Å². The normalized spacial score (nSPS) is 13.0. The SMILES string of the molecule is CNC(OC)=[N+](C)C.F[P-](F)(F)(F)(F)F.Oc1c(F)c(F)c(F)c(F)c1F. The molecule has 1 aromatic rings. The van der Waals surface area contributed by atoms with Crippen molar-refractivity contribution in [1.82, 2.24) is 5.32 Å². The first-order valence-electron chi connectivity index (χ1n) is 6.16. The van der Waals surface area contributed by atoms with E-state index in [0.29, 0.717) is 0 Å². The third kappa shape index (κ3) is 12.9. The van der Waals surface area contributed by atoms with Crippen molar-refractivity contribution in [3.63, 3.8) is 0 Å². The van der Waals surface area contributed by atoms with Gasteiger partial charge in [-0.1, -0.05) is 0 Å². The van der Waals surface area contributed by atoms with Gasteiger partial charge in [0.05, 0.1) is 28.3 Å². The number of nitrogens with one attached hydrogen (secondary N) is 1. The van der Waals surface area contributed by atoms with Gasteiger partial charge in [0.15, 0.2) is 5.75 Å². The van der Waals surface area contributed by atoms with E-state index in [1.807, 2.05) is 25.7 Å². The quantitative estimate of drug-likeness (QED) is 0.113. The summed E-state index contributed by atoms with van der Waals surface area (Å²) in [6.07, 6.45) is 0. The maximum Gasteiger partial charge on any atom is 0.206 e. The summed E-state index contributed by atoms with van der Waals surface area (Å²) in [7, 11) is -3.38. The van der Waals surface area contributed by atoms with Gasteiger partial charge < -0.3 is 9.84 Å². The van der Waals surface area contributed by atoms with E-state index in [-0.39, 0.29) is 0 Å². The summed E-state index contributed by atoms with van der Waals surface area (Å²) in [6, 6.07) is 0.769. The molecule has 0 aliphatic heterocycles. The number of rotatable bonds is 0. The number of amidine groups is 1. The number of nitrogens with zero attached hydrogens (tertiary/aromatic N) is 1. The minimum atomic E-state index is -10.7. The zero-order valence-corrected chi connectivity index (χ0v) is 14.8. The number of aromatic hydroxyl groups is 1. The summed E-state index contributed by atoms with van der Waals surface area (Å²) < 4.78 is 127. The van der Waals surface area contributed by atoms with Crippen LogP contribution in [0.3, 0.4) is 0 Å². The van der Waals surface area contributed by atoms with Crippen molar-refractivity contribution in [3.05, 3.63) is 29.1 Å². The minimum Gasteiger partial charge on any atom is -0.503 e. The van der Waals surface area contributed by atoms with E-state index in [1.165, 1.54) is 0 Å². The average Bonchev–Trinajstić information content (AvgIpc) is 2.47. The Kier molecular flexibility index (Phi) is 8.37. The summed E-state index contributed by atoms with van der Waals surface area (Å²) in [4.78, 5) is 0. The molecule has 0 amide bonds. The molecule has 1 rings (SSSR count). The molecule has 1 aromatic carbocycles. The van der Waals surface area contributed by atoms with Gasteiger partial charge in [0.2, 0.25) is 29.1 Å². The zero-order valence-electron chi connectivity index (χ0n) is 13.9. The maximum absolute atomic E-state index is 12.2. The second kappa shape index (κ2) is 8.31. The van der Waals surface area contributed by atoms with E-state index < -0.39 is 42.6 Å². The van der Waals surface area contributed by atoms with Crippen LogP contribution in [0.15, 0.2) is 0 Å². The molecule has 0 spiro atoms. The van der Waals surface area contributed by atoms with Crippen LogP contribution in [0.1, 0.15) is 0 Å². The molecule has 0 saturated carbocycles. The van der Waals surface area contributed by atoms with Crippen molar-refractivity contribution >= 4 is 13.8 Å². The number of halogens is 11. The van der Waals surface area contributed by atoms with Crippen LogP contribution in [0, 0.1) is 29.1 Å². The average molecular weight is 446 g/mol. The Morgan fingerprint density at radius 1 is 0.815 bits per heavy atom. The topological polar surface area (TPSA) is 44.5 Å². The first kappa shape index (κ1) is 27.2. The summed E-state index contributed by atoms with van der Waals surface area (Å²) >= 11 is 0. The molecule has 0 aliphatic carbocycles. The molecule has 2 N–H and O–H groups in total. The molecule has 4 nitrogen and oxygen atoms in total. The van der Waals surface area contributed by atoms with E-state index in [9.17, 15) is 47.1 Å². The number of hydrogen-bond acceptors (Lipinski definition) is 2. The van der Waals surface area contributed by atoms with Gasteiger partial charge >= 0.3 is 39.0 Å². The fraction of sp³-hybridized carbons (Fsp3) is 0.364. The van der Waals surface area contributed by atoms with Gasteiger partial charge in [-0.15, -0.1) is 0 Å². The van der Waals surface area contributed by atoms with Crippen molar-refractivity contribution in [1.29, 1.82) is 0 Å². The number of phenolic OH excluding ortho intramolecular Hbond substituents is 1. The van der Waals surface area contributed by atoms with E-state index >= 15 is 0 Å². The number of ether oxygens (including phenoxy) is 1. The summed E-state index contributed by atoms with van der Waals surface area (Å²) in [6.45, 7) is 0. The van der Waals surface area contributed by atoms with Crippen molar-refractivity contribution in [2.45, 2.75) is 0 Å². The van der Waals surface area contributed by atoms with E-state index in [2.05, 4.69) is 5.32 Å². The Hall–Kier alpha value is -2.05. The molecule has 27 heavy (non-hydrogen) atoms. The Morgan fingerprint density at radius 3 is 1.22 bits per heavy atom. The molecular formula is C11H14F11N2O2P. The second-order valence-electron chi connectivity index (χ2n) is 4.53. The minimum absolute atomic E-state index is 0.769. The summed E-state index contributed by atoms with van der Waals surface area (Å²) in [5.41, 5.74) is 0. The number of phenols is 1. The molecule has 0 saturated heterocycles. The van der Waals surface area contributed by atoms with E-state index in [4.69, 9.17) is 9.84 Å². The Balaban J connectivity index is 0. The largest absolute Gasteiger partial charge is 0.503 e. The van der Waals surface area contributed by atoms with Crippen LogP contribution in [0.25, 0.3) is 0 Å². The van der Waals surface area contributed by atoms with E-state index in [1.54, 1.807) is 7.11 Å². The molecule has 0 aliphatic rings. The fourth-order valence-corrected chi connectivity index (χ4v) is 1.10. The van der Waals surface area contributed by atoms with Gasteiger partial charge in [0.25, 0.3) is 0 Å². The Labute approximate surface area is 145 Å². The van der Waals surface area contributed by atoms with Gasteiger partial charge in [-0.2, -0.15) is 8.78 Å². The molecule has 0 unspecified atom stereocenters. The predicted octanol–water partition coefficient (Wildman–Crippen LogP) is 4.95. The number of hydrogen-bond donors (Lipinski definition) is 2. The van der Waals surface area contributed by atoms with Crippen LogP contribution < -0.4 is 5.32 Å². The van der Waals surface area contributed by atoms with Crippen LogP contribution in [0.2, 0.25) is 0 Å².